The summed E-state index contributed by atoms with van der Waals surface area (Å²) < 4.78 is 27.5. The molecule has 3 rings (SSSR count). The Balaban J connectivity index is 1.84. The Morgan fingerprint density at radius 3 is 2.40 bits per heavy atom. The van der Waals surface area contributed by atoms with Gasteiger partial charge in [0.15, 0.2) is 0 Å². The van der Waals surface area contributed by atoms with Crippen LogP contribution in [0.2, 0.25) is 0 Å². The summed E-state index contributed by atoms with van der Waals surface area (Å²) in [4.78, 5) is 14.6. The fraction of sp³-hybridized carbons (Fsp3) is 0.526. The Morgan fingerprint density at radius 2 is 1.87 bits per heavy atom. The SMILES string of the molecule is CC(O)CC1CN(S(=O)(=O)c2ccc(N)nc2)CCN1c1ncc(C(C)(C)O)cn1. The molecule has 0 aromatic carbocycles. The Kier molecular flexibility index (Phi) is 6.27. The molecule has 1 saturated heterocycles. The number of anilines is 2. The van der Waals surface area contributed by atoms with Crippen molar-refractivity contribution in [3.63, 3.8) is 0 Å². The molecule has 0 aliphatic carbocycles. The number of nitrogen functional groups attached to an aromatic ring is 1. The van der Waals surface area contributed by atoms with Crippen LogP contribution in [0.15, 0.2) is 35.6 Å². The van der Waals surface area contributed by atoms with Crippen molar-refractivity contribution >= 4 is 21.8 Å². The number of aromatic nitrogens is 3. The molecule has 0 radical (unpaired) electrons. The molecular formula is C19H28N6O4S. The molecule has 3 heterocycles. The number of nitrogens with two attached hydrogens (primary N) is 1. The number of hydrogen-bond acceptors (Lipinski definition) is 9. The molecule has 10 nitrogen and oxygen atoms in total. The normalized spacial score (nSPS) is 19.6. The number of piperazine rings is 1. The van der Waals surface area contributed by atoms with Crippen molar-refractivity contribution in [1.82, 2.24) is 19.3 Å². The number of pyridine rings is 1. The molecule has 0 saturated carbocycles. The number of aliphatic hydroxyl groups is 2. The van der Waals surface area contributed by atoms with Gasteiger partial charge in [-0.2, -0.15) is 4.31 Å². The zero-order valence-electron chi connectivity index (χ0n) is 17.3. The summed E-state index contributed by atoms with van der Waals surface area (Å²) in [7, 11) is -3.75. The van der Waals surface area contributed by atoms with Crippen molar-refractivity contribution in [2.24, 2.45) is 0 Å². The van der Waals surface area contributed by atoms with Crippen molar-refractivity contribution in [1.29, 1.82) is 0 Å². The molecule has 1 aliphatic rings. The van der Waals surface area contributed by atoms with Crippen LogP contribution < -0.4 is 10.6 Å². The molecule has 1 fully saturated rings. The number of hydrogen-bond donors (Lipinski definition) is 3. The van der Waals surface area contributed by atoms with Gasteiger partial charge in [-0.25, -0.2) is 23.4 Å². The molecule has 2 aromatic heterocycles. The van der Waals surface area contributed by atoms with Gasteiger partial charge in [0.25, 0.3) is 0 Å². The summed E-state index contributed by atoms with van der Waals surface area (Å²) in [6.45, 7) is 5.73. The van der Waals surface area contributed by atoms with Gasteiger partial charge < -0.3 is 20.8 Å². The molecule has 2 unspecified atom stereocenters. The first kappa shape index (κ1) is 22.3. The fourth-order valence-corrected chi connectivity index (χ4v) is 4.80. The zero-order valence-corrected chi connectivity index (χ0v) is 18.1. The molecule has 0 bridgehead atoms. The van der Waals surface area contributed by atoms with Crippen molar-refractivity contribution in [3.8, 4) is 0 Å². The fourth-order valence-electron chi connectivity index (χ4n) is 3.38. The van der Waals surface area contributed by atoms with E-state index < -0.39 is 21.7 Å². The second-order valence-electron chi connectivity index (χ2n) is 8.04. The van der Waals surface area contributed by atoms with Crippen LogP contribution in [0.5, 0.6) is 0 Å². The average Bonchev–Trinajstić information content (AvgIpc) is 2.67. The van der Waals surface area contributed by atoms with Gasteiger partial charge in [0.2, 0.25) is 16.0 Å². The quantitative estimate of drug-likeness (QED) is 0.583. The lowest BCUT2D eigenvalue weighted by Gasteiger charge is -2.41. The van der Waals surface area contributed by atoms with E-state index in [1.165, 1.54) is 22.6 Å². The smallest absolute Gasteiger partial charge is 0.244 e. The molecule has 11 heteroatoms. The molecule has 30 heavy (non-hydrogen) atoms. The van der Waals surface area contributed by atoms with E-state index in [9.17, 15) is 18.6 Å². The molecule has 2 aromatic rings. The summed E-state index contributed by atoms with van der Waals surface area (Å²) in [6.07, 6.45) is 4.09. The maximum atomic E-state index is 13.0. The van der Waals surface area contributed by atoms with Crippen LogP contribution in [-0.2, 0) is 15.6 Å². The van der Waals surface area contributed by atoms with Crippen LogP contribution in [0.4, 0.5) is 11.8 Å². The Labute approximate surface area is 176 Å². The third kappa shape index (κ3) is 4.86. The predicted molar refractivity (Wildman–Crippen MR) is 112 cm³/mol. The monoisotopic (exact) mass is 436 g/mol. The summed E-state index contributed by atoms with van der Waals surface area (Å²) in [6, 6.07) is 2.57. The van der Waals surface area contributed by atoms with Crippen molar-refractivity contribution in [2.75, 3.05) is 30.3 Å². The molecule has 2 atom stereocenters. The minimum atomic E-state index is -3.75. The van der Waals surface area contributed by atoms with E-state index in [1.54, 1.807) is 33.2 Å². The number of nitrogens with zero attached hydrogens (tertiary/aromatic N) is 5. The van der Waals surface area contributed by atoms with Gasteiger partial charge in [-0.1, -0.05) is 0 Å². The molecular weight excluding hydrogens is 408 g/mol. The highest BCUT2D eigenvalue weighted by Gasteiger charge is 2.36. The molecule has 4 N–H and O–H groups in total. The number of aliphatic hydroxyl groups excluding tert-OH is 1. The van der Waals surface area contributed by atoms with Gasteiger partial charge in [-0.15, -0.1) is 0 Å². The minimum absolute atomic E-state index is 0.0757. The molecule has 164 valence electrons. The molecule has 0 amide bonds. The average molecular weight is 437 g/mol. The van der Waals surface area contributed by atoms with Crippen LogP contribution in [0.1, 0.15) is 32.8 Å². The second-order valence-corrected chi connectivity index (χ2v) is 9.98. The predicted octanol–water partition coefficient (Wildman–Crippen LogP) is 0.332. The first-order valence-corrected chi connectivity index (χ1v) is 11.1. The lowest BCUT2D eigenvalue weighted by molar-refractivity contribution is 0.0778. The maximum Gasteiger partial charge on any atom is 0.244 e. The topological polar surface area (TPSA) is 146 Å². The van der Waals surface area contributed by atoms with Crippen LogP contribution in [-0.4, -0.2) is 69.7 Å². The van der Waals surface area contributed by atoms with Crippen molar-refractivity contribution in [3.05, 3.63) is 36.3 Å². The van der Waals surface area contributed by atoms with Crippen LogP contribution in [0, 0.1) is 0 Å². The largest absolute Gasteiger partial charge is 0.393 e. The van der Waals surface area contributed by atoms with Crippen LogP contribution >= 0.6 is 0 Å². The first-order chi connectivity index (χ1) is 14.0. The van der Waals surface area contributed by atoms with Gasteiger partial charge in [0.05, 0.1) is 11.7 Å². The molecule has 1 aliphatic heterocycles. The van der Waals surface area contributed by atoms with Gasteiger partial charge in [0, 0.05) is 49.8 Å². The van der Waals surface area contributed by atoms with Crippen LogP contribution in [0.25, 0.3) is 0 Å². The first-order valence-electron chi connectivity index (χ1n) is 9.70. The maximum absolute atomic E-state index is 13.0. The third-order valence-electron chi connectivity index (χ3n) is 5.06. The van der Waals surface area contributed by atoms with Crippen molar-refractivity contribution < 1.29 is 18.6 Å². The number of sulfonamides is 1. The van der Waals surface area contributed by atoms with E-state index >= 15 is 0 Å². The minimum Gasteiger partial charge on any atom is -0.393 e. The van der Waals surface area contributed by atoms with Crippen molar-refractivity contribution in [2.45, 2.75) is 49.8 Å². The van der Waals surface area contributed by atoms with E-state index in [2.05, 4.69) is 15.0 Å². The summed E-state index contributed by atoms with van der Waals surface area (Å²) in [5.41, 5.74) is 5.08. The van der Waals surface area contributed by atoms with E-state index in [0.717, 1.165) is 0 Å². The second kappa shape index (κ2) is 8.42. The standard InChI is InChI=1S/C19H28N6O4S/c1-13(26)8-15-12-24(30(28,29)16-4-5-17(20)21-11-16)6-7-25(15)18-22-9-14(10-23-18)19(2,3)27/h4-5,9-11,13,15,26-27H,6-8,12H2,1-3H3,(H2,20,21). The van der Waals surface area contributed by atoms with E-state index in [1.807, 2.05) is 4.90 Å². The van der Waals surface area contributed by atoms with Gasteiger partial charge in [-0.3, -0.25) is 0 Å². The Bertz CT molecular complexity index is 958. The van der Waals surface area contributed by atoms with E-state index in [-0.39, 0.29) is 29.8 Å². The lowest BCUT2D eigenvalue weighted by atomic mass is 10.0. The summed E-state index contributed by atoms with van der Waals surface area (Å²) >= 11 is 0. The Morgan fingerprint density at radius 1 is 1.20 bits per heavy atom. The Hall–Kier alpha value is -2.34. The van der Waals surface area contributed by atoms with Gasteiger partial charge in [0.1, 0.15) is 10.7 Å². The van der Waals surface area contributed by atoms with Gasteiger partial charge >= 0.3 is 0 Å². The lowest BCUT2D eigenvalue weighted by Crippen LogP contribution is -2.56. The van der Waals surface area contributed by atoms with E-state index in [4.69, 9.17) is 5.73 Å². The molecule has 0 spiro atoms. The number of rotatable bonds is 6. The third-order valence-corrected chi connectivity index (χ3v) is 6.91. The van der Waals surface area contributed by atoms with Gasteiger partial charge in [-0.05, 0) is 39.3 Å². The highest BCUT2D eigenvalue weighted by atomic mass is 32.2. The van der Waals surface area contributed by atoms with E-state index in [0.29, 0.717) is 24.5 Å². The van der Waals surface area contributed by atoms with Crippen LogP contribution in [0.3, 0.4) is 0 Å². The highest BCUT2D eigenvalue weighted by Crippen LogP contribution is 2.26. The zero-order chi connectivity index (χ0) is 22.1. The summed E-state index contributed by atoms with van der Waals surface area (Å²) in [5, 5.41) is 20.1. The highest BCUT2D eigenvalue weighted by molar-refractivity contribution is 7.89. The summed E-state index contributed by atoms with van der Waals surface area (Å²) in [5.74, 6) is 0.678.